The van der Waals surface area contributed by atoms with Crippen molar-refractivity contribution in [2.75, 3.05) is 13.1 Å². The summed E-state index contributed by atoms with van der Waals surface area (Å²) in [6.07, 6.45) is 2.21. The molecular formula is C15H24N2O2S. The van der Waals surface area contributed by atoms with E-state index in [9.17, 15) is 4.79 Å². The van der Waals surface area contributed by atoms with E-state index < -0.39 is 5.97 Å². The van der Waals surface area contributed by atoms with Gasteiger partial charge in [0.25, 0.3) is 0 Å². The molecule has 0 radical (unpaired) electrons. The average Bonchev–Trinajstić information content (AvgIpc) is 2.95. The van der Waals surface area contributed by atoms with Gasteiger partial charge in [0, 0.05) is 23.8 Å². The number of thiazole rings is 1. The Bertz CT molecular complexity index is 465. The van der Waals surface area contributed by atoms with Crippen LogP contribution in [0.4, 0.5) is 0 Å². The normalized spacial score (nSPS) is 20.4. The van der Waals surface area contributed by atoms with Crippen molar-refractivity contribution < 1.29 is 9.90 Å². The molecule has 2 rings (SSSR count). The molecule has 5 heteroatoms. The van der Waals surface area contributed by atoms with Gasteiger partial charge in [0.05, 0.1) is 12.2 Å². The van der Waals surface area contributed by atoms with E-state index in [1.807, 2.05) is 0 Å². The molecular weight excluding hydrogens is 272 g/mol. The largest absolute Gasteiger partial charge is 0.481 e. The van der Waals surface area contributed by atoms with E-state index in [1.165, 1.54) is 10.7 Å². The van der Waals surface area contributed by atoms with Crippen LogP contribution in [0.5, 0.6) is 0 Å². The third-order valence-corrected chi connectivity index (χ3v) is 4.65. The van der Waals surface area contributed by atoms with E-state index in [0.717, 1.165) is 32.5 Å². The molecule has 112 valence electrons. The number of hydrogen-bond donors (Lipinski definition) is 1. The van der Waals surface area contributed by atoms with Crippen molar-refractivity contribution in [1.82, 2.24) is 9.88 Å². The van der Waals surface area contributed by atoms with Gasteiger partial charge in [0.1, 0.15) is 5.01 Å². The highest BCUT2D eigenvalue weighted by Gasteiger charge is 2.24. The molecule has 0 saturated carbocycles. The summed E-state index contributed by atoms with van der Waals surface area (Å²) in [5.74, 6) is -0.147. The van der Waals surface area contributed by atoms with Gasteiger partial charge in [-0.2, -0.15) is 0 Å². The Morgan fingerprint density at radius 3 is 2.90 bits per heavy atom. The van der Waals surface area contributed by atoms with Gasteiger partial charge in [-0.3, -0.25) is 9.69 Å². The van der Waals surface area contributed by atoms with E-state index in [1.54, 1.807) is 11.3 Å². The zero-order chi connectivity index (χ0) is 14.8. The Labute approximate surface area is 124 Å². The van der Waals surface area contributed by atoms with Crippen molar-refractivity contribution >= 4 is 17.3 Å². The predicted octanol–water partition coefficient (Wildman–Crippen LogP) is 3.13. The predicted molar refractivity (Wildman–Crippen MR) is 81.1 cm³/mol. The Morgan fingerprint density at radius 1 is 1.55 bits per heavy atom. The molecule has 1 unspecified atom stereocenters. The van der Waals surface area contributed by atoms with Gasteiger partial charge in [-0.1, -0.05) is 20.8 Å². The van der Waals surface area contributed by atoms with Crippen molar-refractivity contribution in [3.05, 3.63) is 16.1 Å². The highest BCUT2D eigenvalue weighted by Crippen LogP contribution is 2.27. The lowest BCUT2D eigenvalue weighted by Crippen LogP contribution is -2.20. The Kier molecular flexibility index (Phi) is 4.81. The van der Waals surface area contributed by atoms with Crippen LogP contribution in [0.25, 0.3) is 0 Å². The summed E-state index contributed by atoms with van der Waals surface area (Å²) in [6.45, 7) is 9.54. The van der Waals surface area contributed by atoms with Gasteiger partial charge in [-0.15, -0.1) is 11.3 Å². The zero-order valence-corrected chi connectivity index (χ0v) is 13.4. The summed E-state index contributed by atoms with van der Waals surface area (Å²) in [7, 11) is 0. The van der Waals surface area contributed by atoms with Crippen LogP contribution in [0.15, 0.2) is 5.38 Å². The second-order valence-corrected chi connectivity index (χ2v) is 7.64. The zero-order valence-electron chi connectivity index (χ0n) is 12.6. The molecule has 2 heterocycles. The number of aliphatic carboxylic acids is 1. The number of carbonyl (C=O) groups is 1. The van der Waals surface area contributed by atoms with Crippen LogP contribution >= 0.6 is 11.3 Å². The molecule has 1 aromatic rings. The number of nitrogens with zero attached hydrogens (tertiary/aromatic N) is 2. The molecule has 1 atom stereocenters. The summed E-state index contributed by atoms with van der Waals surface area (Å²) in [5, 5.41) is 12.1. The summed E-state index contributed by atoms with van der Waals surface area (Å²) in [6, 6.07) is 0. The molecule has 1 aromatic heterocycles. The number of carboxylic acid groups (broad SMARTS) is 1. The first kappa shape index (κ1) is 15.4. The minimum atomic E-state index is -0.682. The smallest absolute Gasteiger partial charge is 0.303 e. The Morgan fingerprint density at radius 2 is 2.30 bits per heavy atom. The molecule has 0 aliphatic carbocycles. The summed E-state index contributed by atoms with van der Waals surface area (Å²) < 4.78 is 0. The quantitative estimate of drug-likeness (QED) is 0.907. The first-order valence-corrected chi connectivity index (χ1v) is 8.11. The van der Waals surface area contributed by atoms with Crippen molar-refractivity contribution in [3.8, 4) is 0 Å². The lowest BCUT2D eigenvalue weighted by molar-refractivity contribution is -0.137. The molecule has 4 nitrogen and oxygen atoms in total. The molecule has 0 amide bonds. The monoisotopic (exact) mass is 296 g/mol. The number of hydrogen-bond acceptors (Lipinski definition) is 4. The third-order valence-electron chi connectivity index (χ3n) is 3.82. The SMILES string of the molecule is CC(C)(C)c1csc(CN2CCC(CCC(=O)O)C2)n1. The van der Waals surface area contributed by atoms with Crippen LogP contribution in [0.2, 0.25) is 0 Å². The van der Waals surface area contributed by atoms with E-state index in [0.29, 0.717) is 12.3 Å². The molecule has 1 saturated heterocycles. The average molecular weight is 296 g/mol. The second kappa shape index (κ2) is 6.22. The lowest BCUT2D eigenvalue weighted by Gasteiger charge is -2.16. The van der Waals surface area contributed by atoms with Crippen molar-refractivity contribution in [3.63, 3.8) is 0 Å². The van der Waals surface area contributed by atoms with Crippen LogP contribution in [0.1, 0.15) is 50.7 Å². The van der Waals surface area contributed by atoms with Crippen molar-refractivity contribution in [2.45, 2.75) is 52.0 Å². The summed E-state index contributed by atoms with van der Waals surface area (Å²) >= 11 is 1.74. The summed E-state index contributed by atoms with van der Waals surface area (Å²) in [4.78, 5) is 17.7. The number of carboxylic acids is 1. The second-order valence-electron chi connectivity index (χ2n) is 6.70. The maximum atomic E-state index is 10.6. The van der Waals surface area contributed by atoms with Gasteiger partial charge in [-0.25, -0.2) is 4.98 Å². The maximum Gasteiger partial charge on any atom is 0.303 e. The van der Waals surface area contributed by atoms with Crippen LogP contribution in [-0.2, 0) is 16.8 Å². The van der Waals surface area contributed by atoms with Crippen LogP contribution in [0.3, 0.4) is 0 Å². The molecule has 1 fully saturated rings. The molecule has 20 heavy (non-hydrogen) atoms. The molecule has 1 aliphatic rings. The fourth-order valence-electron chi connectivity index (χ4n) is 2.54. The van der Waals surface area contributed by atoms with Gasteiger partial charge in [0.2, 0.25) is 0 Å². The Hall–Kier alpha value is -0.940. The topological polar surface area (TPSA) is 53.4 Å². The van der Waals surface area contributed by atoms with Gasteiger partial charge in [0.15, 0.2) is 0 Å². The fraction of sp³-hybridized carbons (Fsp3) is 0.733. The highest BCUT2D eigenvalue weighted by atomic mass is 32.1. The van der Waals surface area contributed by atoms with E-state index in [4.69, 9.17) is 10.1 Å². The van der Waals surface area contributed by atoms with Crippen molar-refractivity contribution in [2.24, 2.45) is 5.92 Å². The van der Waals surface area contributed by atoms with E-state index >= 15 is 0 Å². The molecule has 0 aromatic carbocycles. The van der Waals surface area contributed by atoms with Crippen molar-refractivity contribution in [1.29, 1.82) is 0 Å². The third kappa shape index (κ3) is 4.28. The van der Waals surface area contributed by atoms with Crippen LogP contribution < -0.4 is 0 Å². The lowest BCUT2D eigenvalue weighted by atomic mass is 9.93. The standard InChI is InChI=1S/C15H24N2O2S/c1-15(2,3)12-10-20-13(16-12)9-17-7-6-11(8-17)4-5-14(18)19/h10-11H,4-9H2,1-3H3,(H,18,19). The van der Waals surface area contributed by atoms with Gasteiger partial charge in [-0.05, 0) is 25.3 Å². The molecule has 1 N–H and O–H groups in total. The minimum absolute atomic E-state index is 0.115. The number of aromatic nitrogens is 1. The summed E-state index contributed by atoms with van der Waals surface area (Å²) in [5.41, 5.74) is 1.28. The fourth-order valence-corrected chi connectivity index (χ4v) is 3.60. The molecule has 0 bridgehead atoms. The first-order valence-electron chi connectivity index (χ1n) is 7.23. The van der Waals surface area contributed by atoms with Crippen LogP contribution in [0, 0.1) is 5.92 Å². The highest BCUT2D eigenvalue weighted by molar-refractivity contribution is 7.09. The maximum absolute atomic E-state index is 10.6. The number of likely N-dealkylation sites (tertiary alicyclic amines) is 1. The molecule has 0 spiro atoms. The van der Waals surface area contributed by atoms with Gasteiger partial charge >= 0.3 is 5.97 Å². The molecule has 1 aliphatic heterocycles. The Balaban J connectivity index is 1.83. The number of rotatable bonds is 5. The van der Waals surface area contributed by atoms with Crippen LogP contribution in [-0.4, -0.2) is 34.0 Å². The first-order chi connectivity index (χ1) is 9.34. The minimum Gasteiger partial charge on any atom is -0.481 e. The van der Waals surface area contributed by atoms with E-state index in [2.05, 4.69) is 31.1 Å². The van der Waals surface area contributed by atoms with Gasteiger partial charge < -0.3 is 5.11 Å². The van der Waals surface area contributed by atoms with E-state index in [-0.39, 0.29) is 5.41 Å².